The number of carbonyl (C=O) groups excluding carboxylic acids is 1. The van der Waals surface area contributed by atoms with E-state index in [1.165, 1.54) is 16.4 Å². The van der Waals surface area contributed by atoms with Crippen LogP contribution in [-0.2, 0) is 14.8 Å². The molecular weight excluding hydrogens is 319 g/mol. The first kappa shape index (κ1) is 16.4. The zero-order valence-corrected chi connectivity index (χ0v) is 13.8. The third-order valence-electron chi connectivity index (χ3n) is 4.60. The Bertz CT molecular complexity index is 669. The summed E-state index contributed by atoms with van der Waals surface area (Å²) in [6.07, 6.45) is 3.45. The zero-order chi connectivity index (χ0) is 16.4. The third kappa shape index (κ3) is 3.40. The molecule has 0 aromatic heterocycles. The van der Waals surface area contributed by atoms with Crippen molar-refractivity contribution in [2.75, 3.05) is 26.2 Å². The molecule has 7 heteroatoms. The average Bonchev–Trinajstić information content (AvgIpc) is 3.09. The zero-order valence-electron chi connectivity index (χ0n) is 12.9. The van der Waals surface area contributed by atoms with Crippen LogP contribution in [0.15, 0.2) is 29.2 Å². The van der Waals surface area contributed by atoms with Crippen molar-refractivity contribution in [1.82, 2.24) is 9.21 Å². The predicted octanol–water partition coefficient (Wildman–Crippen LogP) is 1.85. The van der Waals surface area contributed by atoms with Gasteiger partial charge in [0.1, 0.15) is 5.82 Å². The van der Waals surface area contributed by atoms with Gasteiger partial charge in [-0.2, -0.15) is 4.31 Å². The Morgan fingerprint density at radius 3 is 2.35 bits per heavy atom. The summed E-state index contributed by atoms with van der Waals surface area (Å²) < 4.78 is 39.7. The van der Waals surface area contributed by atoms with Crippen molar-refractivity contribution in [3.05, 3.63) is 30.1 Å². The fraction of sp³-hybridized carbons (Fsp3) is 0.562. The fourth-order valence-corrected chi connectivity index (χ4v) is 4.84. The number of carbonyl (C=O) groups is 1. The number of hydrogen-bond donors (Lipinski definition) is 0. The lowest BCUT2D eigenvalue weighted by atomic mass is 9.98. The van der Waals surface area contributed by atoms with E-state index in [9.17, 15) is 17.6 Å². The molecule has 23 heavy (non-hydrogen) atoms. The highest BCUT2D eigenvalue weighted by Gasteiger charge is 2.35. The molecule has 0 N–H and O–H groups in total. The number of benzene rings is 1. The lowest BCUT2D eigenvalue weighted by Gasteiger charge is -2.33. The maximum Gasteiger partial charge on any atom is 0.243 e. The van der Waals surface area contributed by atoms with Gasteiger partial charge in [-0.05, 0) is 49.9 Å². The summed E-state index contributed by atoms with van der Waals surface area (Å²) in [7, 11) is -3.67. The van der Waals surface area contributed by atoms with Crippen LogP contribution < -0.4 is 0 Å². The van der Waals surface area contributed by atoms with Crippen LogP contribution in [0.5, 0.6) is 0 Å². The molecule has 0 bridgehead atoms. The van der Waals surface area contributed by atoms with Crippen molar-refractivity contribution in [1.29, 1.82) is 0 Å². The number of rotatable bonds is 3. The monoisotopic (exact) mass is 340 g/mol. The number of hydrogen-bond acceptors (Lipinski definition) is 3. The number of piperidine rings is 1. The Morgan fingerprint density at radius 1 is 1.04 bits per heavy atom. The van der Waals surface area contributed by atoms with E-state index in [0.717, 1.165) is 44.5 Å². The van der Waals surface area contributed by atoms with E-state index in [-0.39, 0.29) is 23.3 Å². The predicted molar refractivity (Wildman–Crippen MR) is 83.7 cm³/mol. The van der Waals surface area contributed by atoms with Crippen LogP contribution in [0.1, 0.15) is 25.7 Å². The maximum atomic E-state index is 13.0. The SMILES string of the molecule is O=C([C@H]1CCCN(S(=O)(=O)c2ccc(F)cc2)C1)N1CCCC1. The summed E-state index contributed by atoms with van der Waals surface area (Å²) in [5.41, 5.74) is 0. The molecular formula is C16H21FN2O3S. The Balaban J connectivity index is 1.74. The first-order valence-corrected chi connectivity index (χ1v) is 9.47. The molecule has 5 nitrogen and oxygen atoms in total. The smallest absolute Gasteiger partial charge is 0.243 e. The second-order valence-electron chi connectivity index (χ2n) is 6.19. The molecule has 0 spiro atoms. The summed E-state index contributed by atoms with van der Waals surface area (Å²) in [5.74, 6) is -0.664. The standard InChI is InChI=1S/C16H21FN2O3S/c17-14-5-7-15(8-6-14)23(21,22)19-11-3-4-13(12-19)16(20)18-9-1-2-10-18/h5-8,13H,1-4,9-12H2/t13-/m0/s1. The number of likely N-dealkylation sites (tertiary alicyclic amines) is 1. The van der Waals surface area contributed by atoms with Gasteiger partial charge in [-0.1, -0.05) is 0 Å². The molecule has 2 fully saturated rings. The minimum atomic E-state index is -3.67. The van der Waals surface area contributed by atoms with E-state index in [2.05, 4.69) is 0 Å². The van der Waals surface area contributed by atoms with Crippen molar-refractivity contribution in [2.24, 2.45) is 5.92 Å². The van der Waals surface area contributed by atoms with E-state index in [0.29, 0.717) is 13.0 Å². The van der Waals surface area contributed by atoms with Crippen LogP contribution >= 0.6 is 0 Å². The molecule has 2 aliphatic heterocycles. The fourth-order valence-electron chi connectivity index (χ4n) is 3.31. The quantitative estimate of drug-likeness (QED) is 0.844. The molecule has 0 unspecified atom stereocenters. The van der Waals surface area contributed by atoms with Gasteiger partial charge in [-0.15, -0.1) is 0 Å². The van der Waals surface area contributed by atoms with Crippen LogP contribution in [0.2, 0.25) is 0 Å². The maximum absolute atomic E-state index is 13.0. The summed E-state index contributed by atoms with van der Waals surface area (Å²) in [6, 6.07) is 4.83. The lowest BCUT2D eigenvalue weighted by Crippen LogP contribution is -2.46. The van der Waals surface area contributed by atoms with Gasteiger partial charge < -0.3 is 4.90 Å². The number of amides is 1. The van der Waals surface area contributed by atoms with Gasteiger partial charge in [0.25, 0.3) is 0 Å². The second-order valence-corrected chi connectivity index (χ2v) is 8.13. The molecule has 1 aromatic rings. The molecule has 2 aliphatic rings. The van der Waals surface area contributed by atoms with Crippen LogP contribution in [-0.4, -0.2) is 49.7 Å². The normalized spacial score (nSPS) is 23.2. The van der Waals surface area contributed by atoms with Crippen molar-refractivity contribution in [3.63, 3.8) is 0 Å². The molecule has 1 atom stereocenters. The second kappa shape index (κ2) is 6.57. The lowest BCUT2D eigenvalue weighted by molar-refractivity contribution is -0.135. The van der Waals surface area contributed by atoms with Crippen LogP contribution in [0.25, 0.3) is 0 Å². The molecule has 1 aromatic carbocycles. The van der Waals surface area contributed by atoms with E-state index in [1.807, 2.05) is 4.90 Å². The van der Waals surface area contributed by atoms with Crippen molar-refractivity contribution < 1.29 is 17.6 Å². The van der Waals surface area contributed by atoms with Gasteiger partial charge >= 0.3 is 0 Å². The van der Waals surface area contributed by atoms with Gasteiger partial charge in [0, 0.05) is 26.2 Å². The van der Waals surface area contributed by atoms with Gasteiger partial charge in [-0.3, -0.25) is 4.79 Å². The minimum Gasteiger partial charge on any atom is -0.342 e. The van der Waals surface area contributed by atoms with Crippen molar-refractivity contribution >= 4 is 15.9 Å². The van der Waals surface area contributed by atoms with E-state index in [4.69, 9.17) is 0 Å². The number of halogens is 1. The highest BCUT2D eigenvalue weighted by Crippen LogP contribution is 2.26. The summed E-state index contributed by atoms with van der Waals surface area (Å²) >= 11 is 0. The third-order valence-corrected chi connectivity index (χ3v) is 6.48. The minimum absolute atomic E-state index is 0.0708. The molecule has 2 heterocycles. The van der Waals surface area contributed by atoms with Crippen LogP contribution in [0.4, 0.5) is 4.39 Å². The molecule has 0 radical (unpaired) electrons. The van der Waals surface area contributed by atoms with E-state index in [1.54, 1.807) is 0 Å². The van der Waals surface area contributed by atoms with Gasteiger partial charge in [0.05, 0.1) is 10.8 Å². The molecule has 126 valence electrons. The summed E-state index contributed by atoms with van der Waals surface area (Å²) in [4.78, 5) is 14.4. The number of sulfonamides is 1. The molecule has 1 amide bonds. The summed E-state index contributed by atoms with van der Waals surface area (Å²) in [6.45, 7) is 2.18. The summed E-state index contributed by atoms with van der Waals surface area (Å²) in [5, 5.41) is 0. The van der Waals surface area contributed by atoms with Crippen LogP contribution in [0, 0.1) is 11.7 Å². The number of nitrogens with zero attached hydrogens (tertiary/aromatic N) is 2. The van der Waals surface area contributed by atoms with Gasteiger partial charge in [0.2, 0.25) is 15.9 Å². The highest BCUT2D eigenvalue weighted by atomic mass is 32.2. The van der Waals surface area contributed by atoms with Crippen LogP contribution in [0.3, 0.4) is 0 Å². The van der Waals surface area contributed by atoms with E-state index < -0.39 is 15.8 Å². The Morgan fingerprint density at radius 2 is 1.70 bits per heavy atom. The highest BCUT2D eigenvalue weighted by molar-refractivity contribution is 7.89. The van der Waals surface area contributed by atoms with Gasteiger partial charge in [-0.25, -0.2) is 12.8 Å². The molecule has 3 rings (SSSR count). The van der Waals surface area contributed by atoms with Crippen molar-refractivity contribution in [2.45, 2.75) is 30.6 Å². The van der Waals surface area contributed by atoms with E-state index >= 15 is 0 Å². The Kier molecular flexibility index (Phi) is 4.68. The molecule has 2 saturated heterocycles. The van der Waals surface area contributed by atoms with Gasteiger partial charge in [0.15, 0.2) is 0 Å². The Hall–Kier alpha value is -1.47. The largest absolute Gasteiger partial charge is 0.342 e. The topological polar surface area (TPSA) is 57.7 Å². The molecule has 0 aliphatic carbocycles. The Labute approximate surface area is 136 Å². The average molecular weight is 340 g/mol. The first-order chi connectivity index (χ1) is 11.0. The van der Waals surface area contributed by atoms with Crippen molar-refractivity contribution in [3.8, 4) is 0 Å². The first-order valence-electron chi connectivity index (χ1n) is 8.03. The molecule has 0 saturated carbocycles.